The van der Waals surface area contributed by atoms with Crippen molar-refractivity contribution in [3.8, 4) is 0 Å². The van der Waals surface area contributed by atoms with Crippen molar-refractivity contribution in [2.24, 2.45) is 4.99 Å². The van der Waals surface area contributed by atoms with Gasteiger partial charge in [-0.25, -0.2) is 0 Å². The number of likely N-dealkylation sites (tertiary alicyclic amines) is 1. The molecule has 0 amide bonds. The Bertz CT molecular complexity index is 503. The SMILES string of the molecule is OC1CCN(Cc2ccccc2CNC2=NCCCN2)C1. The molecule has 0 radical (unpaired) electrons. The normalized spacial score (nSPS) is 22.7. The first-order valence-corrected chi connectivity index (χ1v) is 7.80. The summed E-state index contributed by atoms with van der Waals surface area (Å²) in [5, 5.41) is 16.3. The lowest BCUT2D eigenvalue weighted by molar-refractivity contribution is 0.174. The number of nitrogens with zero attached hydrogens (tertiary/aromatic N) is 2. The summed E-state index contributed by atoms with van der Waals surface area (Å²) in [6.45, 7) is 5.38. The second-order valence-electron chi connectivity index (χ2n) is 5.81. The van der Waals surface area contributed by atoms with Gasteiger partial charge in [0.05, 0.1) is 6.10 Å². The summed E-state index contributed by atoms with van der Waals surface area (Å²) in [6, 6.07) is 8.51. The Hall–Kier alpha value is -1.59. The molecule has 1 aromatic rings. The Kier molecular flexibility index (Phi) is 4.72. The highest BCUT2D eigenvalue weighted by molar-refractivity contribution is 5.80. The lowest BCUT2D eigenvalue weighted by Crippen LogP contribution is -2.40. The van der Waals surface area contributed by atoms with Gasteiger partial charge in [0.2, 0.25) is 0 Å². The smallest absolute Gasteiger partial charge is 0.191 e. The van der Waals surface area contributed by atoms with E-state index in [1.807, 2.05) is 0 Å². The summed E-state index contributed by atoms with van der Waals surface area (Å²) in [5.74, 6) is 0.910. The van der Waals surface area contributed by atoms with Crippen LogP contribution in [0, 0.1) is 0 Å². The third-order valence-corrected chi connectivity index (χ3v) is 4.10. The topological polar surface area (TPSA) is 59.9 Å². The highest BCUT2D eigenvalue weighted by Gasteiger charge is 2.20. The Labute approximate surface area is 126 Å². The molecule has 0 aromatic heterocycles. The average molecular weight is 288 g/mol. The van der Waals surface area contributed by atoms with Gasteiger partial charge in [0, 0.05) is 39.3 Å². The van der Waals surface area contributed by atoms with E-state index in [4.69, 9.17) is 0 Å². The van der Waals surface area contributed by atoms with E-state index in [2.05, 4.69) is 44.8 Å². The van der Waals surface area contributed by atoms with Crippen LogP contribution >= 0.6 is 0 Å². The second-order valence-corrected chi connectivity index (χ2v) is 5.81. The molecule has 3 rings (SSSR count). The van der Waals surface area contributed by atoms with Gasteiger partial charge in [0.1, 0.15) is 0 Å². The van der Waals surface area contributed by atoms with Gasteiger partial charge in [-0.3, -0.25) is 9.89 Å². The van der Waals surface area contributed by atoms with Gasteiger partial charge in [0.25, 0.3) is 0 Å². The van der Waals surface area contributed by atoms with E-state index >= 15 is 0 Å². The predicted octanol–water partition coefficient (Wildman–Crippen LogP) is 0.692. The maximum Gasteiger partial charge on any atom is 0.191 e. The number of β-amino-alcohol motifs (C(OH)–C–C–N with tert-alkyl or cyclic N) is 1. The van der Waals surface area contributed by atoms with E-state index in [-0.39, 0.29) is 6.10 Å². The van der Waals surface area contributed by atoms with Crippen molar-refractivity contribution < 1.29 is 5.11 Å². The quantitative estimate of drug-likeness (QED) is 0.763. The van der Waals surface area contributed by atoms with Crippen LogP contribution in [0.3, 0.4) is 0 Å². The highest BCUT2D eigenvalue weighted by atomic mass is 16.3. The molecule has 5 heteroatoms. The molecular formula is C16H24N4O. The molecule has 1 atom stereocenters. The maximum atomic E-state index is 9.64. The minimum atomic E-state index is -0.156. The molecule has 21 heavy (non-hydrogen) atoms. The van der Waals surface area contributed by atoms with Gasteiger partial charge in [0.15, 0.2) is 5.96 Å². The van der Waals surface area contributed by atoms with E-state index in [0.717, 1.165) is 58.1 Å². The summed E-state index contributed by atoms with van der Waals surface area (Å²) in [5.41, 5.74) is 2.63. The Morgan fingerprint density at radius 3 is 2.90 bits per heavy atom. The van der Waals surface area contributed by atoms with Crippen molar-refractivity contribution in [1.29, 1.82) is 0 Å². The van der Waals surface area contributed by atoms with Gasteiger partial charge in [-0.05, 0) is 24.0 Å². The summed E-state index contributed by atoms with van der Waals surface area (Å²) in [7, 11) is 0. The zero-order chi connectivity index (χ0) is 14.5. The van der Waals surface area contributed by atoms with E-state index in [9.17, 15) is 5.11 Å². The first-order valence-electron chi connectivity index (χ1n) is 7.80. The first-order chi connectivity index (χ1) is 10.3. The fourth-order valence-corrected chi connectivity index (χ4v) is 2.91. The average Bonchev–Trinajstić information content (AvgIpc) is 2.93. The number of hydrogen-bond acceptors (Lipinski definition) is 5. The van der Waals surface area contributed by atoms with Crippen LogP contribution in [-0.2, 0) is 13.1 Å². The minimum absolute atomic E-state index is 0.156. The first kappa shape index (κ1) is 14.4. The van der Waals surface area contributed by atoms with Gasteiger partial charge in [-0.2, -0.15) is 0 Å². The van der Waals surface area contributed by atoms with Crippen LogP contribution in [0.1, 0.15) is 24.0 Å². The van der Waals surface area contributed by atoms with Crippen LogP contribution in [0.4, 0.5) is 0 Å². The summed E-state index contributed by atoms with van der Waals surface area (Å²) >= 11 is 0. The molecule has 1 unspecified atom stereocenters. The van der Waals surface area contributed by atoms with Crippen molar-refractivity contribution in [2.45, 2.75) is 32.0 Å². The van der Waals surface area contributed by atoms with E-state index in [1.165, 1.54) is 11.1 Å². The zero-order valence-electron chi connectivity index (χ0n) is 12.4. The van der Waals surface area contributed by atoms with Gasteiger partial charge < -0.3 is 15.7 Å². The van der Waals surface area contributed by atoms with Crippen molar-refractivity contribution in [1.82, 2.24) is 15.5 Å². The second kappa shape index (κ2) is 6.91. The number of hydrogen-bond donors (Lipinski definition) is 3. The molecule has 1 aromatic carbocycles. The molecule has 3 N–H and O–H groups in total. The van der Waals surface area contributed by atoms with E-state index in [0.29, 0.717) is 0 Å². The molecule has 2 aliphatic heterocycles. The molecule has 0 bridgehead atoms. The van der Waals surface area contributed by atoms with Crippen LogP contribution in [-0.4, -0.2) is 48.2 Å². The third kappa shape index (κ3) is 3.95. The lowest BCUT2D eigenvalue weighted by Gasteiger charge is -2.20. The Morgan fingerprint density at radius 2 is 2.19 bits per heavy atom. The highest BCUT2D eigenvalue weighted by Crippen LogP contribution is 2.16. The number of aliphatic imine (C=N–C) groups is 1. The van der Waals surface area contributed by atoms with Crippen LogP contribution in [0.15, 0.2) is 29.3 Å². The molecule has 0 saturated carbocycles. The van der Waals surface area contributed by atoms with Crippen LogP contribution in [0.2, 0.25) is 0 Å². The van der Waals surface area contributed by atoms with Gasteiger partial charge in [-0.1, -0.05) is 24.3 Å². The molecular weight excluding hydrogens is 264 g/mol. The van der Waals surface area contributed by atoms with E-state index < -0.39 is 0 Å². The molecule has 5 nitrogen and oxygen atoms in total. The molecule has 1 saturated heterocycles. The van der Waals surface area contributed by atoms with Crippen molar-refractivity contribution in [3.05, 3.63) is 35.4 Å². The number of aliphatic hydroxyl groups excluding tert-OH is 1. The number of benzene rings is 1. The molecule has 1 fully saturated rings. The van der Waals surface area contributed by atoms with E-state index in [1.54, 1.807) is 0 Å². The fourth-order valence-electron chi connectivity index (χ4n) is 2.91. The third-order valence-electron chi connectivity index (χ3n) is 4.10. The van der Waals surface area contributed by atoms with Crippen LogP contribution < -0.4 is 10.6 Å². The van der Waals surface area contributed by atoms with Crippen LogP contribution in [0.25, 0.3) is 0 Å². The van der Waals surface area contributed by atoms with Crippen molar-refractivity contribution in [2.75, 3.05) is 26.2 Å². The van der Waals surface area contributed by atoms with Crippen LogP contribution in [0.5, 0.6) is 0 Å². The molecule has 0 aliphatic carbocycles. The van der Waals surface area contributed by atoms with Crippen molar-refractivity contribution >= 4 is 5.96 Å². The number of rotatable bonds is 4. The summed E-state index contributed by atoms with van der Waals surface area (Å²) < 4.78 is 0. The zero-order valence-corrected chi connectivity index (χ0v) is 12.4. The lowest BCUT2D eigenvalue weighted by atomic mass is 10.1. The number of guanidine groups is 1. The molecule has 2 aliphatic rings. The number of aliphatic hydroxyl groups is 1. The van der Waals surface area contributed by atoms with Crippen molar-refractivity contribution in [3.63, 3.8) is 0 Å². The fraction of sp³-hybridized carbons (Fsp3) is 0.562. The standard InChI is InChI=1S/C16H24N4O/c21-15-6-9-20(12-15)11-14-5-2-1-4-13(14)10-19-16-17-7-3-8-18-16/h1-2,4-5,15,21H,3,6-12H2,(H2,17,18,19). The Balaban J connectivity index is 1.60. The molecule has 114 valence electrons. The number of nitrogens with one attached hydrogen (secondary N) is 2. The summed E-state index contributed by atoms with van der Waals surface area (Å²) in [4.78, 5) is 6.76. The predicted molar refractivity (Wildman–Crippen MR) is 84.1 cm³/mol. The van der Waals surface area contributed by atoms with Gasteiger partial charge >= 0.3 is 0 Å². The van der Waals surface area contributed by atoms with Gasteiger partial charge in [-0.15, -0.1) is 0 Å². The maximum absolute atomic E-state index is 9.64. The molecule has 0 spiro atoms. The molecule has 2 heterocycles. The largest absolute Gasteiger partial charge is 0.392 e. The monoisotopic (exact) mass is 288 g/mol. The summed E-state index contributed by atoms with van der Waals surface area (Å²) in [6.07, 6.45) is 1.84. The Morgan fingerprint density at radius 1 is 1.33 bits per heavy atom. The minimum Gasteiger partial charge on any atom is -0.392 e.